The molecule has 1 aromatic rings. The van der Waals surface area contributed by atoms with Gasteiger partial charge in [-0.15, -0.1) is 12.3 Å². The summed E-state index contributed by atoms with van der Waals surface area (Å²) in [5.74, 6) is 2.55. The van der Waals surface area contributed by atoms with E-state index in [1.54, 1.807) is 6.20 Å². The van der Waals surface area contributed by atoms with Gasteiger partial charge in [0.1, 0.15) is 5.15 Å². The van der Waals surface area contributed by atoms with Crippen molar-refractivity contribution in [3.05, 3.63) is 28.5 Å². The zero-order valence-electron chi connectivity index (χ0n) is 6.26. The third-order valence-corrected chi connectivity index (χ3v) is 1.77. The molecule has 0 saturated heterocycles. The van der Waals surface area contributed by atoms with Crippen LogP contribution in [0.1, 0.15) is 11.1 Å². The molecular weight excluding hydrogens is 158 g/mol. The molecule has 1 rings (SSSR count). The Labute approximate surface area is 71.4 Å². The summed E-state index contributed by atoms with van der Waals surface area (Å²) in [6, 6.07) is 1.95. The molecule has 0 fully saturated rings. The van der Waals surface area contributed by atoms with E-state index in [0.29, 0.717) is 11.6 Å². The van der Waals surface area contributed by atoms with Crippen molar-refractivity contribution in [1.82, 2.24) is 4.98 Å². The van der Waals surface area contributed by atoms with E-state index in [1.807, 2.05) is 13.0 Å². The van der Waals surface area contributed by atoms with Gasteiger partial charge in [0.05, 0.1) is 0 Å². The predicted molar refractivity (Wildman–Crippen MR) is 46.5 cm³/mol. The average molecular weight is 166 g/mol. The van der Waals surface area contributed by atoms with E-state index in [2.05, 4.69) is 10.9 Å². The van der Waals surface area contributed by atoms with E-state index in [-0.39, 0.29) is 0 Å². The SMILES string of the molecule is C#CCc1cnc(Cl)c(C)c1. The molecule has 0 aromatic carbocycles. The van der Waals surface area contributed by atoms with Gasteiger partial charge in [0.2, 0.25) is 0 Å². The molecule has 0 spiro atoms. The van der Waals surface area contributed by atoms with E-state index in [9.17, 15) is 0 Å². The van der Waals surface area contributed by atoms with E-state index in [0.717, 1.165) is 11.1 Å². The molecule has 0 aliphatic heterocycles. The number of terminal acetylenes is 1. The first-order valence-electron chi connectivity index (χ1n) is 3.28. The Bertz CT molecular complexity index is 299. The first-order chi connectivity index (χ1) is 5.24. The van der Waals surface area contributed by atoms with Crippen molar-refractivity contribution in [2.24, 2.45) is 0 Å². The maximum Gasteiger partial charge on any atom is 0.131 e. The summed E-state index contributed by atoms with van der Waals surface area (Å²) in [5, 5.41) is 0.547. The highest BCUT2D eigenvalue weighted by Gasteiger charge is 1.96. The highest BCUT2D eigenvalue weighted by molar-refractivity contribution is 6.30. The topological polar surface area (TPSA) is 12.9 Å². The van der Waals surface area contributed by atoms with Crippen LogP contribution in [0.15, 0.2) is 12.3 Å². The fourth-order valence-electron chi connectivity index (χ4n) is 0.831. The van der Waals surface area contributed by atoms with Gasteiger partial charge in [-0.1, -0.05) is 17.7 Å². The van der Waals surface area contributed by atoms with Gasteiger partial charge in [-0.3, -0.25) is 0 Å². The van der Waals surface area contributed by atoms with Crippen LogP contribution < -0.4 is 0 Å². The van der Waals surface area contributed by atoms with Crippen LogP contribution in [0.3, 0.4) is 0 Å². The van der Waals surface area contributed by atoms with E-state index < -0.39 is 0 Å². The summed E-state index contributed by atoms with van der Waals surface area (Å²) in [5.41, 5.74) is 2.01. The van der Waals surface area contributed by atoms with Crippen LogP contribution in [-0.2, 0) is 6.42 Å². The highest BCUT2D eigenvalue weighted by atomic mass is 35.5. The van der Waals surface area contributed by atoms with E-state index >= 15 is 0 Å². The third-order valence-electron chi connectivity index (χ3n) is 1.38. The van der Waals surface area contributed by atoms with Crippen molar-refractivity contribution in [1.29, 1.82) is 0 Å². The predicted octanol–water partition coefficient (Wildman–Crippen LogP) is 2.22. The van der Waals surface area contributed by atoms with Gasteiger partial charge in [-0.2, -0.15) is 0 Å². The van der Waals surface area contributed by atoms with E-state index in [1.165, 1.54) is 0 Å². The fourth-order valence-corrected chi connectivity index (χ4v) is 0.934. The molecule has 11 heavy (non-hydrogen) atoms. The average Bonchev–Trinajstić information content (AvgIpc) is 1.98. The summed E-state index contributed by atoms with van der Waals surface area (Å²) in [4.78, 5) is 3.97. The van der Waals surface area contributed by atoms with Crippen LogP contribution in [0.5, 0.6) is 0 Å². The maximum atomic E-state index is 5.72. The number of aryl methyl sites for hydroxylation is 1. The Morgan fingerprint density at radius 3 is 3.00 bits per heavy atom. The van der Waals surface area contributed by atoms with E-state index in [4.69, 9.17) is 18.0 Å². The van der Waals surface area contributed by atoms with Crippen molar-refractivity contribution in [3.63, 3.8) is 0 Å². The Morgan fingerprint density at radius 2 is 2.45 bits per heavy atom. The zero-order valence-corrected chi connectivity index (χ0v) is 7.02. The zero-order chi connectivity index (χ0) is 8.27. The summed E-state index contributed by atoms with van der Waals surface area (Å²) in [6.45, 7) is 1.91. The number of rotatable bonds is 1. The first-order valence-corrected chi connectivity index (χ1v) is 3.66. The second kappa shape index (κ2) is 3.41. The van der Waals surface area contributed by atoms with Crippen molar-refractivity contribution in [2.75, 3.05) is 0 Å². The molecule has 0 amide bonds. The second-order valence-electron chi connectivity index (χ2n) is 2.33. The van der Waals surface area contributed by atoms with Crippen molar-refractivity contribution >= 4 is 11.6 Å². The largest absolute Gasteiger partial charge is 0.244 e. The van der Waals surface area contributed by atoms with Crippen molar-refractivity contribution in [2.45, 2.75) is 13.3 Å². The van der Waals surface area contributed by atoms with Crippen LogP contribution in [0.4, 0.5) is 0 Å². The van der Waals surface area contributed by atoms with Gasteiger partial charge >= 0.3 is 0 Å². The standard InChI is InChI=1S/C9H8ClN/c1-3-4-8-5-7(2)9(10)11-6-8/h1,5-6H,4H2,2H3. The highest BCUT2D eigenvalue weighted by Crippen LogP contribution is 2.12. The molecule has 0 radical (unpaired) electrons. The number of hydrogen-bond donors (Lipinski definition) is 0. The molecule has 1 nitrogen and oxygen atoms in total. The van der Waals surface area contributed by atoms with Crippen LogP contribution in [0, 0.1) is 19.3 Å². The van der Waals surface area contributed by atoms with Gasteiger partial charge < -0.3 is 0 Å². The lowest BCUT2D eigenvalue weighted by Crippen LogP contribution is -1.87. The molecule has 0 N–H and O–H groups in total. The molecule has 0 bridgehead atoms. The van der Waals surface area contributed by atoms with Gasteiger partial charge in [0, 0.05) is 12.6 Å². The summed E-state index contributed by atoms with van der Waals surface area (Å²) < 4.78 is 0. The number of halogens is 1. The number of nitrogens with zero attached hydrogens (tertiary/aromatic N) is 1. The molecule has 0 aliphatic carbocycles. The second-order valence-corrected chi connectivity index (χ2v) is 2.69. The minimum atomic E-state index is 0.547. The Morgan fingerprint density at radius 1 is 1.73 bits per heavy atom. The summed E-state index contributed by atoms with van der Waals surface area (Å²) >= 11 is 5.72. The minimum Gasteiger partial charge on any atom is -0.244 e. The molecule has 0 aliphatic rings. The number of aromatic nitrogens is 1. The summed E-state index contributed by atoms with van der Waals surface area (Å²) in [6.07, 6.45) is 7.46. The maximum absolute atomic E-state index is 5.72. The van der Waals surface area contributed by atoms with Crippen molar-refractivity contribution in [3.8, 4) is 12.3 Å². The molecule has 0 atom stereocenters. The van der Waals surface area contributed by atoms with Crippen LogP contribution in [0.2, 0.25) is 5.15 Å². The molecule has 0 saturated carbocycles. The van der Waals surface area contributed by atoms with Gasteiger partial charge in [0.25, 0.3) is 0 Å². The molecular formula is C9H8ClN. The van der Waals surface area contributed by atoms with Gasteiger partial charge in [-0.25, -0.2) is 4.98 Å². The Hall–Kier alpha value is -1.00. The van der Waals surface area contributed by atoms with Gasteiger partial charge in [-0.05, 0) is 18.1 Å². The fraction of sp³-hybridized carbons (Fsp3) is 0.222. The molecule has 2 heteroatoms. The quantitative estimate of drug-likeness (QED) is 0.459. The lowest BCUT2D eigenvalue weighted by atomic mass is 10.2. The minimum absolute atomic E-state index is 0.547. The molecule has 1 heterocycles. The first kappa shape index (κ1) is 8.10. The number of hydrogen-bond acceptors (Lipinski definition) is 1. The lowest BCUT2D eigenvalue weighted by molar-refractivity contribution is 1.18. The third kappa shape index (κ3) is 1.96. The molecule has 56 valence electrons. The Balaban J connectivity index is 2.98. The van der Waals surface area contributed by atoms with Gasteiger partial charge in [0.15, 0.2) is 0 Å². The van der Waals surface area contributed by atoms with Crippen molar-refractivity contribution < 1.29 is 0 Å². The monoisotopic (exact) mass is 165 g/mol. The molecule has 0 unspecified atom stereocenters. The van der Waals surface area contributed by atoms with Crippen LogP contribution in [0.25, 0.3) is 0 Å². The molecule has 1 aromatic heterocycles. The van der Waals surface area contributed by atoms with Crippen LogP contribution in [-0.4, -0.2) is 4.98 Å². The number of pyridine rings is 1. The smallest absolute Gasteiger partial charge is 0.131 e. The normalized spacial score (nSPS) is 9.18. The Kier molecular flexibility index (Phi) is 2.51. The summed E-state index contributed by atoms with van der Waals surface area (Å²) in [7, 11) is 0. The van der Waals surface area contributed by atoms with Crippen LogP contribution >= 0.6 is 11.6 Å². The lowest BCUT2D eigenvalue weighted by Gasteiger charge is -1.98.